The van der Waals surface area contributed by atoms with Crippen molar-refractivity contribution in [2.45, 2.75) is 57.9 Å². The third kappa shape index (κ3) is 3.50. The SMILES string of the molecule is CC(=O)Nc1ccc(N2CCCC(NC(=O)C34CC5CC(C3)C(=O)C(C5)C4)C2)cc1. The molecule has 3 atom stereocenters. The van der Waals surface area contributed by atoms with Crippen molar-refractivity contribution < 1.29 is 14.4 Å². The normalized spacial score (nSPS) is 34.7. The van der Waals surface area contributed by atoms with Crippen molar-refractivity contribution in [3.05, 3.63) is 24.3 Å². The second kappa shape index (κ2) is 7.40. The molecule has 6 rings (SSSR count). The highest BCUT2D eigenvalue weighted by Crippen LogP contribution is 2.58. The third-order valence-electron chi connectivity index (χ3n) is 7.79. The van der Waals surface area contributed by atoms with Crippen LogP contribution in [0, 0.1) is 23.2 Å². The van der Waals surface area contributed by atoms with Crippen LogP contribution in [0.5, 0.6) is 0 Å². The minimum absolute atomic E-state index is 0.0742. The van der Waals surface area contributed by atoms with Gasteiger partial charge in [0.15, 0.2) is 0 Å². The van der Waals surface area contributed by atoms with E-state index in [1.165, 1.54) is 6.92 Å². The Hall–Kier alpha value is -2.37. The standard InChI is InChI=1S/C24H31N3O3/c1-15(28)25-19-4-6-21(7-5-19)27-8-2-3-20(14-27)26-23(30)24-11-16-9-17(12-24)22(29)18(10-16)13-24/h4-7,16-18,20H,2-3,8-14H2,1H3,(H,25,28)(H,26,30). The lowest BCUT2D eigenvalue weighted by Crippen LogP contribution is -2.59. The molecule has 6 nitrogen and oxygen atoms in total. The summed E-state index contributed by atoms with van der Waals surface area (Å²) in [5.41, 5.74) is 1.61. The molecule has 3 unspecified atom stereocenters. The molecule has 0 spiro atoms. The monoisotopic (exact) mass is 409 g/mol. The van der Waals surface area contributed by atoms with Gasteiger partial charge in [0, 0.05) is 49.3 Å². The van der Waals surface area contributed by atoms with Crippen LogP contribution in [0.15, 0.2) is 24.3 Å². The van der Waals surface area contributed by atoms with Gasteiger partial charge in [-0.3, -0.25) is 14.4 Å². The topological polar surface area (TPSA) is 78.5 Å². The zero-order valence-corrected chi connectivity index (χ0v) is 17.7. The Morgan fingerprint density at radius 1 is 1.07 bits per heavy atom. The van der Waals surface area contributed by atoms with Gasteiger partial charge >= 0.3 is 0 Å². The van der Waals surface area contributed by atoms with Crippen molar-refractivity contribution >= 4 is 29.0 Å². The van der Waals surface area contributed by atoms with Crippen LogP contribution in [0.4, 0.5) is 11.4 Å². The van der Waals surface area contributed by atoms with Crippen LogP contribution >= 0.6 is 0 Å². The molecule has 160 valence electrons. The van der Waals surface area contributed by atoms with Crippen LogP contribution in [-0.4, -0.2) is 36.7 Å². The number of hydrogen-bond donors (Lipinski definition) is 2. The van der Waals surface area contributed by atoms with Gasteiger partial charge in [0.2, 0.25) is 11.8 Å². The fraction of sp³-hybridized carbons (Fsp3) is 0.625. The van der Waals surface area contributed by atoms with Crippen LogP contribution < -0.4 is 15.5 Å². The molecule has 1 aromatic rings. The van der Waals surface area contributed by atoms with Crippen molar-refractivity contribution in [1.82, 2.24) is 5.32 Å². The summed E-state index contributed by atoms with van der Waals surface area (Å²) in [7, 11) is 0. The second-order valence-electron chi connectivity index (χ2n) is 10.0. The number of nitrogens with one attached hydrogen (secondary N) is 2. The van der Waals surface area contributed by atoms with E-state index in [4.69, 9.17) is 0 Å². The Kier molecular flexibility index (Phi) is 4.83. The fourth-order valence-electron chi connectivity index (χ4n) is 6.65. The molecule has 1 heterocycles. The number of carbonyl (C=O) groups excluding carboxylic acids is 3. The smallest absolute Gasteiger partial charge is 0.226 e. The number of hydrogen-bond acceptors (Lipinski definition) is 4. The molecule has 30 heavy (non-hydrogen) atoms. The molecule has 4 bridgehead atoms. The molecule has 0 aromatic heterocycles. The van der Waals surface area contributed by atoms with Crippen molar-refractivity contribution in [3.63, 3.8) is 0 Å². The molecule has 0 radical (unpaired) electrons. The number of anilines is 2. The lowest BCUT2D eigenvalue weighted by Gasteiger charge is -2.54. The van der Waals surface area contributed by atoms with Crippen molar-refractivity contribution in [3.8, 4) is 0 Å². The second-order valence-corrected chi connectivity index (χ2v) is 10.0. The summed E-state index contributed by atoms with van der Waals surface area (Å²) in [4.78, 5) is 39.4. The van der Waals surface area contributed by atoms with Gasteiger partial charge in [0.05, 0.1) is 5.41 Å². The first-order valence-electron chi connectivity index (χ1n) is 11.4. The molecule has 2 amide bonds. The minimum Gasteiger partial charge on any atom is -0.369 e. The van der Waals surface area contributed by atoms with E-state index in [9.17, 15) is 14.4 Å². The lowest BCUT2D eigenvalue weighted by molar-refractivity contribution is -0.157. The van der Waals surface area contributed by atoms with E-state index in [0.29, 0.717) is 11.7 Å². The summed E-state index contributed by atoms with van der Waals surface area (Å²) in [6.07, 6.45) is 6.57. The number of carbonyl (C=O) groups is 3. The number of ketones is 1. The molecule has 1 aromatic carbocycles. The van der Waals surface area contributed by atoms with E-state index in [-0.39, 0.29) is 35.1 Å². The zero-order valence-electron chi connectivity index (χ0n) is 17.7. The van der Waals surface area contributed by atoms with E-state index < -0.39 is 0 Å². The molecule has 6 heteroatoms. The fourth-order valence-corrected chi connectivity index (χ4v) is 6.65. The molecule has 4 saturated carbocycles. The molecule has 1 aliphatic heterocycles. The predicted molar refractivity (Wildman–Crippen MR) is 115 cm³/mol. The Bertz CT molecular complexity index is 847. The molecule has 5 fully saturated rings. The number of amides is 2. The average molecular weight is 410 g/mol. The maximum Gasteiger partial charge on any atom is 0.226 e. The average Bonchev–Trinajstić information content (AvgIpc) is 2.71. The van der Waals surface area contributed by atoms with E-state index in [0.717, 1.165) is 69.4 Å². The molecular weight excluding hydrogens is 378 g/mol. The first kappa shape index (κ1) is 19.6. The molecular formula is C24H31N3O3. The largest absolute Gasteiger partial charge is 0.369 e. The summed E-state index contributed by atoms with van der Waals surface area (Å²) in [5, 5.41) is 6.18. The summed E-state index contributed by atoms with van der Waals surface area (Å²) < 4.78 is 0. The maximum absolute atomic E-state index is 13.4. The van der Waals surface area contributed by atoms with E-state index in [2.05, 4.69) is 15.5 Å². The van der Waals surface area contributed by atoms with Crippen molar-refractivity contribution in [2.24, 2.45) is 23.2 Å². The van der Waals surface area contributed by atoms with Gasteiger partial charge in [0.25, 0.3) is 0 Å². The van der Waals surface area contributed by atoms with E-state index >= 15 is 0 Å². The van der Waals surface area contributed by atoms with Crippen molar-refractivity contribution in [2.75, 3.05) is 23.3 Å². The van der Waals surface area contributed by atoms with Gasteiger partial charge < -0.3 is 15.5 Å². The third-order valence-corrected chi connectivity index (χ3v) is 7.79. The van der Waals surface area contributed by atoms with Gasteiger partial charge in [-0.05, 0) is 75.1 Å². The van der Waals surface area contributed by atoms with E-state index in [1.54, 1.807) is 0 Å². The Morgan fingerprint density at radius 3 is 2.43 bits per heavy atom. The van der Waals surface area contributed by atoms with Crippen LogP contribution in [0.1, 0.15) is 51.9 Å². The Morgan fingerprint density at radius 2 is 1.77 bits per heavy atom. The van der Waals surface area contributed by atoms with Gasteiger partial charge in [-0.25, -0.2) is 0 Å². The highest BCUT2D eigenvalue weighted by atomic mass is 16.2. The minimum atomic E-state index is -0.299. The highest BCUT2D eigenvalue weighted by molar-refractivity contribution is 5.91. The number of nitrogens with zero attached hydrogens (tertiary/aromatic N) is 1. The number of rotatable bonds is 4. The predicted octanol–water partition coefficient (Wildman–Crippen LogP) is 3.13. The first-order chi connectivity index (χ1) is 14.4. The van der Waals surface area contributed by atoms with Gasteiger partial charge in [0.1, 0.15) is 5.78 Å². The Labute approximate surface area is 177 Å². The molecule has 2 N–H and O–H groups in total. The summed E-state index contributed by atoms with van der Waals surface area (Å²) in [5.74, 6) is 1.38. The maximum atomic E-state index is 13.4. The summed E-state index contributed by atoms with van der Waals surface area (Å²) in [6, 6.07) is 8.04. The van der Waals surface area contributed by atoms with Gasteiger partial charge in [-0.2, -0.15) is 0 Å². The van der Waals surface area contributed by atoms with Crippen LogP contribution in [0.3, 0.4) is 0 Å². The van der Waals surface area contributed by atoms with Gasteiger partial charge in [-0.15, -0.1) is 0 Å². The molecule has 5 aliphatic rings. The van der Waals surface area contributed by atoms with Crippen LogP contribution in [0.2, 0.25) is 0 Å². The van der Waals surface area contributed by atoms with Gasteiger partial charge in [-0.1, -0.05) is 0 Å². The number of Topliss-reactive ketones (excluding diaryl/α,β-unsaturated/α-hetero) is 1. The number of benzene rings is 1. The van der Waals surface area contributed by atoms with E-state index in [1.807, 2.05) is 24.3 Å². The first-order valence-corrected chi connectivity index (χ1v) is 11.4. The zero-order chi connectivity index (χ0) is 20.9. The van der Waals surface area contributed by atoms with Crippen LogP contribution in [0.25, 0.3) is 0 Å². The lowest BCUT2D eigenvalue weighted by atomic mass is 9.49. The quantitative estimate of drug-likeness (QED) is 0.801. The highest BCUT2D eigenvalue weighted by Gasteiger charge is 2.58. The Balaban J connectivity index is 1.23. The van der Waals surface area contributed by atoms with Crippen LogP contribution in [-0.2, 0) is 14.4 Å². The molecule has 4 aliphatic carbocycles. The summed E-state index contributed by atoms with van der Waals surface area (Å²) in [6.45, 7) is 3.28. The summed E-state index contributed by atoms with van der Waals surface area (Å²) >= 11 is 0. The van der Waals surface area contributed by atoms with Crippen molar-refractivity contribution in [1.29, 1.82) is 0 Å². The molecule has 1 saturated heterocycles. The number of piperidine rings is 1.